The predicted molar refractivity (Wildman–Crippen MR) is 144 cm³/mol. The molecule has 1 fully saturated rings. The van der Waals surface area contributed by atoms with Crippen LogP contribution in [0.1, 0.15) is 55.7 Å². The van der Waals surface area contributed by atoms with Gasteiger partial charge in [0.15, 0.2) is 5.01 Å². The quantitative estimate of drug-likeness (QED) is 0.477. The predicted octanol–water partition coefficient (Wildman–Crippen LogP) is 2.71. The van der Waals surface area contributed by atoms with Gasteiger partial charge >= 0.3 is 0 Å². The Bertz CT molecular complexity index is 1350. The number of rotatable bonds is 5. The minimum Gasteiger partial charge on any atom is -0.351 e. The molecule has 0 saturated heterocycles. The number of aryl methyl sites for hydroxylation is 1. The number of aromatic amines is 1. The Kier molecular flexibility index (Phi) is 7.04. The fourth-order valence-corrected chi connectivity index (χ4v) is 6.45. The molecule has 3 N–H and O–H groups in total. The molecule has 3 aromatic rings. The zero-order chi connectivity index (χ0) is 26.3. The second-order valence-corrected chi connectivity index (χ2v) is 11.6. The molecule has 1 aliphatic carbocycles. The molecular formula is C27H34N6O3S. The van der Waals surface area contributed by atoms with Crippen LogP contribution in [-0.2, 0) is 17.8 Å². The number of benzene rings is 1. The van der Waals surface area contributed by atoms with Gasteiger partial charge in [0.25, 0.3) is 11.8 Å². The first-order valence-electron chi connectivity index (χ1n) is 12.8. The van der Waals surface area contributed by atoms with Crippen LogP contribution >= 0.6 is 11.3 Å². The maximum atomic E-state index is 13.3. The maximum Gasteiger partial charge on any atom is 0.280 e. The molecule has 0 spiro atoms. The van der Waals surface area contributed by atoms with Crippen molar-refractivity contribution >= 4 is 40.0 Å². The van der Waals surface area contributed by atoms with Crippen molar-refractivity contribution in [2.24, 2.45) is 5.92 Å². The lowest BCUT2D eigenvalue weighted by molar-refractivity contribution is -0.134. The first-order valence-corrected chi connectivity index (χ1v) is 13.6. The third kappa shape index (κ3) is 5.40. The van der Waals surface area contributed by atoms with Gasteiger partial charge in [0.1, 0.15) is 5.69 Å². The van der Waals surface area contributed by atoms with E-state index < -0.39 is 0 Å². The zero-order valence-corrected chi connectivity index (χ0v) is 22.6. The van der Waals surface area contributed by atoms with Gasteiger partial charge < -0.3 is 25.4 Å². The normalized spacial score (nSPS) is 21.9. The molecule has 196 valence electrons. The summed E-state index contributed by atoms with van der Waals surface area (Å²) in [6.07, 6.45) is 2.55. The van der Waals surface area contributed by atoms with Crippen LogP contribution in [0.3, 0.4) is 0 Å². The highest BCUT2D eigenvalue weighted by Crippen LogP contribution is 2.29. The summed E-state index contributed by atoms with van der Waals surface area (Å²) in [6.45, 7) is 3.74. The van der Waals surface area contributed by atoms with Gasteiger partial charge in [0, 0.05) is 61.3 Å². The molecule has 37 heavy (non-hydrogen) atoms. The highest BCUT2D eigenvalue weighted by atomic mass is 32.1. The zero-order valence-electron chi connectivity index (χ0n) is 21.8. The molecule has 1 aliphatic heterocycles. The lowest BCUT2D eigenvalue weighted by atomic mass is 9.81. The van der Waals surface area contributed by atoms with Gasteiger partial charge in [-0.05, 0) is 51.4 Å². The number of amides is 3. The highest BCUT2D eigenvalue weighted by Gasteiger charge is 2.37. The van der Waals surface area contributed by atoms with Crippen LogP contribution in [0.4, 0.5) is 0 Å². The lowest BCUT2D eigenvalue weighted by Crippen LogP contribution is -2.56. The second kappa shape index (κ2) is 10.3. The fraction of sp³-hybridized carbons (Fsp3) is 0.481. The Morgan fingerprint density at radius 2 is 1.89 bits per heavy atom. The van der Waals surface area contributed by atoms with Crippen LogP contribution in [-0.4, -0.2) is 77.3 Å². The van der Waals surface area contributed by atoms with Gasteiger partial charge in [-0.25, -0.2) is 4.98 Å². The van der Waals surface area contributed by atoms with Crippen molar-refractivity contribution in [3.8, 4) is 0 Å². The Hall–Kier alpha value is -3.24. The van der Waals surface area contributed by atoms with Crippen molar-refractivity contribution in [1.82, 2.24) is 30.4 Å². The average molecular weight is 523 g/mol. The SMILES string of the molecule is Cc1ccc2[nH]c(C(=O)N[C@H]3CC[C@H](C(=O)N(C)C)CC3NC(=O)c3nc4c(s3)CN(C)CC4)cc2c1. The van der Waals surface area contributed by atoms with Crippen molar-refractivity contribution in [2.45, 2.75) is 51.2 Å². The largest absolute Gasteiger partial charge is 0.351 e. The molecule has 9 nitrogen and oxygen atoms in total. The summed E-state index contributed by atoms with van der Waals surface area (Å²) in [5.41, 5.74) is 3.50. The van der Waals surface area contributed by atoms with E-state index in [1.807, 2.05) is 31.2 Å². The van der Waals surface area contributed by atoms with Gasteiger partial charge in [-0.3, -0.25) is 14.4 Å². The third-order valence-corrected chi connectivity index (χ3v) is 8.49. The number of H-pyrrole nitrogens is 1. The minimum absolute atomic E-state index is 0.0442. The maximum absolute atomic E-state index is 13.3. The number of carbonyl (C=O) groups excluding carboxylic acids is 3. The molecule has 0 radical (unpaired) electrons. The van der Waals surface area contributed by atoms with Crippen LogP contribution in [0.25, 0.3) is 10.9 Å². The number of fused-ring (bicyclic) bond motifs is 2. The van der Waals surface area contributed by atoms with Crippen LogP contribution in [0.2, 0.25) is 0 Å². The van der Waals surface area contributed by atoms with Crippen LogP contribution in [0.15, 0.2) is 24.3 Å². The number of nitrogens with zero attached hydrogens (tertiary/aromatic N) is 3. The van der Waals surface area contributed by atoms with E-state index in [1.54, 1.807) is 19.0 Å². The summed E-state index contributed by atoms with van der Waals surface area (Å²) in [5, 5.41) is 7.67. The van der Waals surface area contributed by atoms with Gasteiger partial charge in [-0.2, -0.15) is 0 Å². The number of hydrogen-bond donors (Lipinski definition) is 3. The van der Waals surface area contributed by atoms with Crippen molar-refractivity contribution in [2.75, 3.05) is 27.7 Å². The number of aromatic nitrogens is 2. The van der Waals surface area contributed by atoms with Crippen LogP contribution < -0.4 is 10.6 Å². The molecule has 3 amide bonds. The Balaban J connectivity index is 1.34. The summed E-state index contributed by atoms with van der Waals surface area (Å²) in [4.78, 5) is 52.0. The summed E-state index contributed by atoms with van der Waals surface area (Å²) in [5.74, 6) is -0.626. The van der Waals surface area contributed by atoms with Crippen molar-refractivity contribution < 1.29 is 14.4 Å². The number of thiazole rings is 1. The molecule has 3 heterocycles. The van der Waals surface area contributed by atoms with Crippen molar-refractivity contribution in [3.63, 3.8) is 0 Å². The Morgan fingerprint density at radius 1 is 1.11 bits per heavy atom. The number of nitrogens with one attached hydrogen (secondary N) is 3. The van der Waals surface area contributed by atoms with Crippen LogP contribution in [0, 0.1) is 12.8 Å². The molecule has 3 atom stereocenters. The van der Waals surface area contributed by atoms with Gasteiger partial charge in [-0.15, -0.1) is 11.3 Å². The molecule has 2 aromatic heterocycles. The highest BCUT2D eigenvalue weighted by molar-refractivity contribution is 7.13. The lowest BCUT2D eigenvalue weighted by Gasteiger charge is -2.37. The number of hydrogen-bond acceptors (Lipinski definition) is 6. The first kappa shape index (κ1) is 25.4. The Morgan fingerprint density at radius 3 is 2.68 bits per heavy atom. The molecule has 5 rings (SSSR count). The van der Waals surface area contributed by atoms with E-state index in [4.69, 9.17) is 0 Å². The van der Waals surface area contributed by atoms with E-state index in [0.717, 1.165) is 46.5 Å². The molecule has 1 aromatic carbocycles. The second-order valence-electron chi connectivity index (χ2n) is 10.6. The average Bonchev–Trinajstić information content (AvgIpc) is 3.48. The van der Waals surface area contributed by atoms with E-state index in [2.05, 4.69) is 32.5 Å². The first-order chi connectivity index (χ1) is 17.7. The third-order valence-electron chi connectivity index (χ3n) is 7.41. The monoisotopic (exact) mass is 522 g/mol. The molecule has 10 heteroatoms. The van der Waals surface area contributed by atoms with Crippen LogP contribution in [0.5, 0.6) is 0 Å². The summed E-state index contributed by atoms with van der Waals surface area (Å²) < 4.78 is 0. The standard InChI is InChI=1S/C27H34N6O3S/c1-15-5-7-18-17(11-15)13-22(28-18)24(34)29-19-8-6-16(27(36)32(2)3)12-21(19)30-25(35)26-31-20-9-10-33(4)14-23(20)37-26/h5,7,11,13,16,19,21,28H,6,8-10,12,14H2,1-4H3,(H,29,34)(H,30,35)/t16-,19-,21?/m0/s1. The molecule has 2 aliphatic rings. The molecule has 1 saturated carbocycles. The van der Waals surface area contributed by atoms with E-state index >= 15 is 0 Å². The Labute approximate surface area is 220 Å². The summed E-state index contributed by atoms with van der Waals surface area (Å²) in [6, 6.07) is 7.18. The van der Waals surface area contributed by atoms with E-state index in [9.17, 15) is 14.4 Å². The molecular weight excluding hydrogens is 488 g/mol. The van der Waals surface area contributed by atoms with Crippen molar-refractivity contribution in [3.05, 3.63) is 51.1 Å². The van der Waals surface area contributed by atoms with Gasteiger partial charge in [0.2, 0.25) is 5.91 Å². The fourth-order valence-electron chi connectivity index (χ4n) is 5.36. The van der Waals surface area contributed by atoms with E-state index in [0.29, 0.717) is 30.0 Å². The van der Waals surface area contributed by atoms with Gasteiger partial charge in [0.05, 0.1) is 11.7 Å². The number of likely N-dealkylation sites (N-methyl/N-ethyl adjacent to an activating group) is 1. The van der Waals surface area contributed by atoms with Crippen molar-refractivity contribution in [1.29, 1.82) is 0 Å². The topological polar surface area (TPSA) is 110 Å². The van der Waals surface area contributed by atoms with E-state index in [-0.39, 0.29) is 35.7 Å². The molecule has 0 bridgehead atoms. The minimum atomic E-state index is -0.380. The summed E-state index contributed by atoms with van der Waals surface area (Å²) in [7, 11) is 5.56. The van der Waals surface area contributed by atoms with Gasteiger partial charge in [-0.1, -0.05) is 11.6 Å². The smallest absolute Gasteiger partial charge is 0.280 e. The molecule has 1 unspecified atom stereocenters. The van der Waals surface area contributed by atoms with E-state index in [1.165, 1.54) is 11.3 Å². The summed E-state index contributed by atoms with van der Waals surface area (Å²) >= 11 is 1.43. The number of carbonyl (C=O) groups is 3.